The van der Waals surface area contributed by atoms with E-state index in [-0.39, 0.29) is 5.97 Å². The fourth-order valence-corrected chi connectivity index (χ4v) is 4.51. The Morgan fingerprint density at radius 2 is 1.00 bits per heavy atom. The largest absolute Gasteiger partial charge is 0.466 e. The molecule has 0 saturated heterocycles. The number of hydrogen-bond acceptors (Lipinski definition) is 4. The molecular formula is C36H34N4O2. The van der Waals surface area contributed by atoms with E-state index in [1.807, 2.05) is 56.4 Å². The molecule has 6 nitrogen and oxygen atoms in total. The third kappa shape index (κ3) is 7.92. The molecule has 0 atom stereocenters. The second-order valence-corrected chi connectivity index (χ2v) is 9.81. The minimum absolute atomic E-state index is 0.0880. The maximum atomic E-state index is 10.4. The van der Waals surface area contributed by atoms with Crippen LogP contribution in [0.4, 0.5) is 0 Å². The highest BCUT2D eigenvalue weighted by Crippen LogP contribution is 2.17. The second-order valence-electron chi connectivity index (χ2n) is 9.81. The maximum absolute atomic E-state index is 10.4. The number of H-pyrrole nitrogens is 2. The molecule has 3 aromatic heterocycles. The number of fused-ring (bicyclic) bond motifs is 9. The lowest BCUT2D eigenvalue weighted by Crippen LogP contribution is -2.01. The van der Waals surface area contributed by atoms with E-state index in [4.69, 9.17) is 0 Å². The topological polar surface area (TPSA) is 83.7 Å². The van der Waals surface area contributed by atoms with Crippen molar-refractivity contribution in [2.24, 2.45) is 0 Å². The number of carbonyl (C=O) groups excluding carboxylic acids is 1. The molecule has 5 heterocycles. The zero-order valence-corrected chi connectivity index (χ0v) is 23.9. The first kappa shape index (κ1) is 28.3. The van der Waals surface area contributed by atoms with Gasteiger partial charge in [-0.15, -0.1) is 0 Å². The number of aromatic nitrogens is 4. The predicted molar refractivity (Wildman–Crippen MR) is 174 cm³/mol. The fourth-order valence-electron chi connectivity index (χ4n) is 4.51. The van der Waals surface area contributed by atoms with E-state index in [1.165, 1.54) is 10.8 Å². The summed E-state index contributed by atoms with van der Waals surface area (Å²) < 4.78 is 4.64. The van der Waals surface area contributed by atoms with E-state index in [2.05, 4.69) is 104 Å². The van der Waals surface area contributed by atoms with Crippen LogP contribution in [0, 0.1) is 0 Å². The zero-order valence-electron chi connectivity index (χ0n) is 23.9. The van der Waals surface area contributed by atoms with Crippen LogP contribution in [0.1, 0.15) is 49.5 Å². The van der Waals surface area contributed by atoms with Crippen molar-refractivity contribution in [3.05, 3.63) is 120 Å². The molecule has 0 spiro atoms. The summed E-state index contributed by atoms with van der Waals surface area (Å²) in [6.45, 7) is 4.27. The van der Waals surface area contributed by atoms with Crippen LogP contribution >= 0.6 is 0 Å². The molecule has 0 fully saturated rings. The van der Waals surface area contributed by atoms with Crippen molar-refractivity contribution in [3.63, 3.8) is 0 Å². The highest BCUT2D eigenvalue weighted by molar-refractivity contribution is 5.82. The minimum Gasteiger partial charge on any atom is -0.466 e. The Kier molecular flexibility index (Phi) is 9.37. The summed E-state index contributed by atoms with van der Waals surface area (Å²) in [5.41, 5.74) is 7.86. The third-order valence-electron chi connectivity index (χ3n) is 6.46. The quantitative estimate of drug-likeness (QED) is 0.214. The van der Waals surface area contributed by atoms with Gasteiger partial charge in [0.15, 0.2) is 0 Å². The standard InChI is InChI=1S/C20H14N4.C10H8.C6H12O2/c1-2-14-10-16-5-6-18(23-16)12-20-8-7-19(24-20)11-17-4-3-15(22-17)9-13(1)21-14;1-2-6-10-8-4-3-7-9(10)5-1;1-3-5-6(7)8-4-2/h1-12,21-22H;1-8H;3-5H2,1-2H3. The average Bonchev–Trinajstić information content (AvgIpc) is 3.81. The minimum atomic E-state index is -0.0880. The van der Waals surface area contributed by atoms with Crippen LogP contribution in [0.5, 0.6) is 0 Å². The van der Waals surface area contributed by atoms with Crippen LogP contribution in [0.15, 0.2) is 97.1 Å². The summed E-state index contributed by atoms with van der Waals surface area (Å²) in [5.74, 6) is -0.0880. The van der Waals surface area contributed by atoms with E-state index in [1.54, 1.807) is 0 Å². The summed E-state index contributed by atoms with van der Waals surface area (Å²) in [6, 6.07) is 33.1. The maximum Gasteiger partial charge on any atom is 0.305 e. The predicted octanol–water partition coefficient (Wildman–Crippen LogP) is 8.85. The summed E-state index contributed by atoms with van der Waals surface area (Å²) in [5, 5.41) is 2.62. The molecule has 6 heteroatoms. The number of nitrogens with one attached hydrogen (secondary N) is 2. The second kappa shape index (κ2) is 13.9. The van der Waals surface area contributed by atoms with Gasteiger partial charge in [0.05, 0.1) is 29.4 Å². The van der Waals surface area contributed by atoms with Gasteiger partial charge in [-0.2, -0.15) is 0 Å². The van der Waals surface area contributed by atoms with Crippen LogP contribution in [0.2, 0.25) is 0 Å². The Labute approximate surface area is 245 Å². The van der Waals surface area contributed by atoms with Gasteiger partial charge in [-0.05, 0) is 97.0 Å². The summed E-state index contributed by atoms with van der Waals surface area (Å²) in [6.07, 6.45) is 9.47. The summed E-state index contributed by atoms with van der Waals surface area (Å²) in [7, 11) is 0. The fraction of sp³-hybridized carbons (Fsp3) is 0.139. The molecule has 2 N–H and O–H groups in total. The van der Waals surface area contributed by atoms with Crippen molar-refractivity contribution in [2.45, 2.75) is 26.7 Å². The number of esters is 1. The molecule has 0 aliphatic carbocycles. The van der Waals surface area contributed by atoms with Crippen LogP contribution in [-0.2, 0) is 9.53 Å². The molecule has 0 amide bonds. The molecule has 2 aliphatic rings. The Hall–Kier alpha value is -5.23. The molecule has 0 radical (unpaired) electrons. The van der Waals surface area contributed by atoms with Gasteiger partial charge in [0.1, 0.15) is 0 Å². The monoisotopic (exact) mass is 554 g/mol. The smallest absolute Gasteiger partial charge is 0.305 e. The van der Waals surface area contributed by atoms with E-state index in [0.717, 1.165) is 51.3 Å². The first-order valence-corrected chi connectivity index (χ1v) is 14.2. The number of benzene rings is 2. The van der Waals surface area contributed by atoms with Gasteiger partial charge in [0.25, 0.3) is 0 Å². The molecule has 0 unspecified atom stereocenters. The van der Waals surface area contributed by atoms with Gasteiger partial charge in [-0.25, -0.2) is 9.97 Å². The number of rotatable bonds is 3. The van der Waals surface area contributed by atoms with Crippen molar-refractivity contribution >= 4 is 63.1 Å². The molecule has 2 aromatic carbocycles. The van der Waals surface area contributed by atoms with Crippen molar-refractivity contribution in [1.29, 1.82) is 0 Å². The van der Waals surface area contributed by atoms with Crippen molar-refractivity contribution < 1.29 is 9.53 Å². The van der Waals surface area contributed by atoms with E-state index < -0.39 is 0 Å². The zero-order chi connectivity index (χ0) is 29.1. The van der Waals surface area contributed by atoms with Crippen molar-refractivity contribution in [2.75, 3.05) is 6.61 Å². The van der Waals surface area contributed by atoms with E-state index in [9.17, 15) is 4.79 Å². The van der Waals surface area contributed by atoms with E-state index >= 15 is 0 Å². The third-order valence-corrected chi connectivity index (χ3v) is 6.46. The van der Waals surface area contributed by atoms with Gasteiger partial charge in [-0.1, -0.05) is 55.5 Å². The van der Waals surface area contributed by atoms with Gasteiger partial charge in [0.2, 0.25) is 0 Å². The Morgan fingerprint density at radius 1 is 0.595 bits per heavy atom. The average molecular weight is 555 g/mol. The first-order chi connectivity index (χ1) is 20.6. The molecule has 42 heavy (non-hydrogen) atoms. The SMILES string of the molecule is C1=Cc2cc3ccc(cc4ccc(cc5nc(cc1n2)C=C5)[nH]4)[nH]3.CCCC(=O)OCC.c1ccc2ccccc2c1. The molecule has 8 bridgehead atoms. The Bertz CT molecular complexity index is 1730. The van der Waals surface area contributed by atoms with Gasteiger partial charge in [0, 0.05) is 28.5 Å². The van der Waals surface area contributed by atoms with Crippen LogP contribution < -0.4 is 0 Å². The number of ether oxygens (including phenoxy) is 1. The first-order valence-electron chi connectivity index (χ1n) is 14.2. The van der Waals surface area contributed by atoms with Gasteiger partial charge in [-0.3, -0.25) is 4.79 Å². The molecule has 0 saturated carbocycles. The lowest BCUT2D eigenvalue weighted by Gasteiger charge is -1.96. The number of carbonyl (C=O) groups is 1. The lowest BCUT2D eigenvalue weighted by molar-refractivity contribution is -0.143. The number of aromatic amines is 2. The molecule has 5 aromatic rings. The summed E-state index contributed by atoms with van der Waals surface area (Å²) >= 11 is 0. The highest BCUT2D eigenvalue weighted by Gasteiger charge is 2.02. The normalized spacial score (nSPS) is 11.3. The van der Waals surface area contributed by atoms with Crippen LogP contribution in [0.25, 0.3) is 57.1 Å². The summed E-state index contributed by atoms with van der Waals surface area (Å²) in [4.78, 5) is 26.4. The highest BCUT2D eigenvalue weighted by atomic mass is 16.5. The van der Waals surface area contributed by atoms with Crippen molar-refractivity contribution in [3.8, 4) is 0 Å². The molecule has 7 rings (SSSR count). The van der Waals surface area contributed by atoms with Crippen LogP contribution in [-0.4, -0.2) is 32.5 Å². The molecule has 210 valence electrons. The molecular weight excluding hydrogens is 520 g/mol. The Morgan fingerprint density at radius 3 is 1.40 bits per heavy atom. The lowest BCUT2D eigenvalue weighted by atomic mass is 10.1. The Balaban J connectivity index is 0.000000161. The van der Waals surface area contributed by atoms with Gasteiger partial charge >= 0.3 is 5.97 Å². The molecule has 2 aliphatic heterocycles. The van der Waals surface area contributed by atoms with Crippen LogP contribution in [0.3, 0.4) is 0 Å². The van der Waals surface area contributed by atoms with Gasteiger partial charge < -0.3 is 14.7 Å². The number of nitrogens with zero attached hydrogens (tertiary/aromatic N) is 2. The van der Waals surface area contributed by atoms with E-state index in [0.29, 0.717) is 13.0 Å². The van der Waals surface area contributed by atoms with Crippen molar-refractivity contribution in [1.82, 2.24) is 19.9 Å². The number of hydrogen-bond donors (Lipinski definition) is 2.